The smallest absolute Gasteiger partial charge is 0.0564 e. The zero-order valence-electron chi connectivity index (χ0n) is 14.5. The summed E-state index contributed by atoms with van der Waals surface area (Å²) in [5.74, 6) is 0.872. The van der Waals surface area contributed by atoms with E-state index in [1.54, 1.807) is 0 Å². The van der Waals surface area contributed by atoms with Gasteiger partial charge in [-0.2, -0.15) is 0 Å². The maximum Gasteiger partial charge on any atom is 0.0564 e. The quantitative estimate of drug-likeness (QED) is 0.875. The first kappa shape index (κ1) is 16.9. The van der Waals surface area contributed by atoms with E-state index in [4.69, 9.17) is 0 Å². The highest BCUT2D eigenvalue weighted by Crippen LogP contribution is 2.24. The molecule has 0 radical (unpaired) electrons. The topological polar surface area (TPSA) is 35.5 Å². The molecule has 1 heterocycles. The summed E-state index contributed by atoms with van der Waals surface area (Å²) in [5.41, 5.74) is 2.89. The Balaban J connectivity index is 1.55. The third-order valence-corrected chi connectivity index (χ3v) is 5.59. The van der Waals surface area contributed by atoms with Gasteiger partial charge >= 0.3 is 0 Å². The molecule has 1 aromatic rings. The second kappa shape index (κ2) is 8.27. The van der Waals surface area contributed by atoms with Crippen molar-refractivity contribution in [3.63, 3.8) is 0 Å². The molecular formula is C20H32N2O. The summed E-state index contributed by atoms with van der Waals surface area (Å²) >= 11 is 0. The van der Waals surface area contributed by atoms with Crippen molar-refractivity contribution in [1.82, 2.24) is 10.2 Å². The molecular weight excluding hydrogens is 284 g/mol. The van der Waals surface area contributed by atoms with Crippen LogP contribution in [0.15, 0.2) is 24.3 Å². The molecule has 0 aromatic heterocycles. The number of hydrogen-bond acceptors (Lipinski definition) is 3. The number of rotatable bonds is 5. The van der Waals surface area contributed by atoms with Gasteiger partial charge in [0.2, 0.25) is 0 Å². The van der Waals surface area contributed by atoms with Gasteiger partial charge in [-0.3, -0.25) is 4.90 Å². The van der Waals surface area contributed by atoms with Gasteiger partial charge in [0.25, 0.3) is 0 Å². The lowest BCUT2D eigenvalue weighted by Crippen LogP contribution is -2.36. The van der Waals surface area contributed by atoms with Gasteiger partial charge in [0.15, 0.2) is 0 Å². The third-order valence-electron chi connectivity index (χ3n) is 5.59. The summed E-state index contributed by atoms with van der Waals surface area (Å²) in [6.45, 7) is 6.42. The van der Waals surface area contributed by atoms with E-state index in [1.165, 1.54) is 36.8 Å². The van der Waals surface area contributed by atoms with Crippen LogP contribution < -0.4 is 5.32 Å². The van der Waals surface area contributed by atoms with Crippen molar-refractivity contribution in [2.75, 3.05) is 13.1 Å². The van der Waals surface area contributed by atoms with Crippen LogP contribution in [0.5, 0.6) is 0 Å². The van der Waals surface area contributed by atoms with Gasteiger partial charge in [0.1, 0.15) is 0 Å². The van der Waals surface area contributed by atoms with Crippen molar-refractivity contribution in [2.45, 2.75) is 70.7 Å². The average Bonchev–Trinajstić information content (AvgIpc) is 2.56. The highest BCUT2D eigenvalue weighted by Gasteiger charge is 2.20. The molecule has 128 valence electrons. The van der Waals surface area contributed by atoms with Crippen molar-refractivity contribution in [3.05, 3.63) is 35.4 Å². The van der Waals surface area contributed by atoms with Crippen LogP contribution in [0.2, 0.25) is 0 Å². The fourth-order valence-corrected chi connectivity index (χ4v) is 4.08. The molecule has 3 heteroatoms. The van der Waals surface area contributed by atoms with Crippen LogP contribution in [0, 0.1) is 5.92 Å². The molecule has 1 aliphatic carbocycles. The number of nitrogens with zero attached hydrogens (tertiary/aromatic N) is 1. The molecule has 23 heavy (non-hydrogen) atoms. The van der Waals surface area contributed by atoms with E-state index in [2.05, 4.69) is 41.4 Å². The van der Waals surface area contributed by atoms with Gasteiger partial charge in [-0.15, -0.1) is 0 Å². The Hall–Kier alpha value is -0.900. The molecule has 0 bridgehead atoms. The van der Waals surface area contributed by atoms with Crippen molar-refractivity contribution in [1.29, 1.82) is 0 Å². The predicted molar refractivity (Wildman–Crippen MR) is 95.2 cm³/mol. The molecule has 1 saturated carbocycles. The SMILES string of the molecule is CC1CCCC(NCc2ccccc2CN2CCC(O)CC2)C1. The van der Waals surface area contributed by atoms with E-state index in [9.17, 15) is 5.11 Å². The normalized spacial score (nSPS) is 27.2. The van der Waals surface area contributed by atoms with Crippen molar-refractivity contribution in [2.24, 2.45) is 5.92 Å². The van der Waals surface area contributed by atoms with Gasteiger partial charge in [-0.1, -0.05) is 44.0 Å². The Morgan fingerprint density at radius 1 is 1.09 bits per heavy atom. The molecule has 2 fully saturated rings. The van der Waals surface area contributed by atoms with E-state index in [0.29, 0.717) is 6.04 Å². The molecule has 1 aliphatic heterocycles. The van der Waals surface area contributed by atoms with Crippen molar-refractivity contribution < 1.29 is 5.11 Å². The number of aliphatic hydroxyl groups is 1. The Morgan fingerprint density at radius 2 is 1.83 bits per heavy atom. The minimum Gasteiger partial charge on any atom is -0.393 e. The molecule has 1 aromatic carbocycles. The fourth-order valence-electron chi connectivity index (χ4n) is 4.08. The van der Waals surface area contributed by atoms with Gasteiger partial charge < -0.3 is 10.4 Å². The zero-order chi connectivity index (χ0) is 16.1. The number of hydrogen-bond donors (Lipinski definition) is 2. The van der Waals surface area contributed by atoms with Crippen LogP contribution in [0.4, 0.5) is 0 Å². The molecule has 2 aliphatic rings. The highest BCUT2D eigenvalue weighted by atomic mass is 16.3. The standard InChI is InChI=1S/C20H32N2O/c1-16-5-4-8-19(13-16)21-14-17-6-2-3-7-18(17)15-22-11-9-20(23)10-12-22/h2-3,6-7,16,19-21,23H,4-5,8-15H2,1H3. The highest BCUT2D eigenvalue weighted by molar-refractivity contribution is 5.27. The minimum absolute atomic E-state index is 0.0866. The Labute approximate surface area is 141 Å². The van der Waals surface area contributed by atoms with E-state index in [0.717, 1.165) is 44.9 Å². The van der Waals surface area contributed by atoms with E-state index in [-0.39, 0.29) is 6.10 Å². The summed E-state index contributed by atoms with van der Waals surface area (Å²) < 4.78 is 0. The lowest BCUT2D eigenvalue weighted by molar-refractivity contribution is 0.0791. The van der Waals surface area contributed by atoms with Crippen LogP contribution >= 0.6 is 0 Å². The fraction of sp³-hybridized carbons (Fsp3) is 0.700. The largest absolute Gasteiger partial charge is 0.393 e. The average molecular weight is 316 g/mol. The summed E-state index contributed by atoms with van der Waals surface area (Å²) in [4.78, 5) is 2.48. The third kappa shape index (κ3) is 5.03. The number of aliphatic hydroxyl groups excluding tert-OH is 1. The predicted octanol–water partition coefficient (Wildman–Crippen LogP) is 3.31. The number of piperidine rings is 1. The van der Waals surface area contributed by atoms with Gasteiger partial charge in [0, 0.05) is 32.2 Å². The first-order valence-electron chi connectivity index (χ1n) is 9.41. The Morgan fingerprint density at radius 3 is 2.57 bits per heavy atom. The van der Waals surface area contributed by atoms with Crippen LogP contribution in [-0.2, 0) is 13.1 Å². The second-order valence-corrected chi connectivity index (χ2v) is 7.63. The molecule has 0 amide bonds. The van der Waals surface area contributed by atoms with Crippen molar-refractivity contribution in [3.8, 4) is 0 Å². The number of benzene rings is 1. The Kier molecular flexibility index (Phi) is 6.09. The first-order chi connectivity index (χ1) is 11.2. The number of nitrogens with one attached hydrogen (secondary N) is 1. The molecule has 3 nitrogen and oxygen atoms in total. The van der Waals surface area contributed by atoms with E-state index < -0.39 is 0 Å². The molecule has 2 atom stereocenters. The van der Waals surface area contributed by atoms with Crippen LogP contribution in [0.25, 0.3) is 0 Å². The lowest BCUT2D eigenvalue weighted by atomic mass is 9.87. The van der Waals surface area contributed by atoms with E-state index in [1.807, 2.05) is 0 Å². The molecule has 0 spiro atoms. The monoisotopic (exact) mass is 316 g/mol. The molecule has 2 N–H and O–H groups in total. The van der Waals surface area contributed by atoms with Crippen molar-refractivity contribution >= 4 is 0 Å². The van der Waals surface area contributed by atoms with E-state index >= 15 is 0 Å². The summed E-state index contributed by atoms with van der Waals surface area (Å²) in [5, 5.41) is 13.5. The lowest BCUT2D eigenvalue weighted by Gasteiger charge is -2.31. The van der Waals surface area contributed by atoms with Gasteiger partial charge in [-0.25, -0.2) is 0 Å². The first-order valence-corrected chi connectivity index (χ1v) is 9.41. The Bertz CT molecular complexity index is 482. The number of likely N-dealkylation sites (tertiary alicyclic amines) is 1. The maximum atomic E-state index is 9.66. The van der Waals surface area contributed by atoms with Crippen LogP contribution in [0.1, 0.15) is 56.6 Å². The summed E-state index contributed by atoms with van der Waals surface area (Å²) in [6.07, 6.45) is 7.17. The minimum atomic E-state index is -0.0866. The zero-order valence-corrected chi connectivity index (χ0v) is 14.5. The molecule has 2 unspecified atom stereocenters. The second-order valence-electron chi connectivity index (χ2n) is 7.63. The van der Waals surface area contributed by atoms with Crippen LogP contribution in [0.3, 0.4) is 0 Å². The van der Waals surface area contributed by atoms with Gasteiger partial charge in [0.05, 0.1) is 6.10 Å². The molecule has 3 rings (SSSR count). The summed E-state index contributed by atoms with van der Waals surface area (Å²) in [7, 11) is 0. The molecule has 1 saturated heterocycles. The van der Waals surface area contributed by atoms with Gasteiger partial charge in [-0.05, 0) is 42.7 Å². The van der Waals surface area contributed by atoms with Crippen LogP contribution in [-0.4, -0.2) is 35.2 Å². The maximum absolute atomic E-state index is 9.66. The summed E-state index contributed by atoms with van der Waals surface area (Å²) in [6, 6.07) is 9.54.